The monoisotopic (exact) mass is 252 g/mol. The summed E-state index contributed by atoms with van der Waals surface area (Å²) in [5, 5.41) is 8.70. The molecule has 0 amide bonds. The molecule has 0 spiro atoms. The number of carboxylic acids is 1. The Morgan fingerprint density at radius 2 is 2.19 bits per heavy atom. The first-order chi connectivity index (χ1) is 7.35. The Morgan fingerprint density at radius 1 is 1.56 bits per heavy atom. The smallest absolute Gasteiger partial charge is 0.305 e. The molecule has 7 nitrogen and oxygen atoms in total. The standard InChI is InChI=1S/C8H16N2O5S/c1-9(2)16(13,14)10-3-4-15-6-7(10)5-8(11)12/h7H,3-6H2,1-2H3,(H,11,12). The highest BCUT2D eigenvalue weighted by Crippen LogP contribution is 2.16. The third-order valence-corrected chi connectivity index (χ3v) is 4.34. The van der Waals surface area contributed by atoms with Gasteiger partial charge in [0.15, 0.2) is 0 Å². The maximum Gasteiger partial charge on any atom is 0.305 e. The van der Waals surface area contributed by atoms with E-state index < -0.39 is 22.2 Å². The number of hydrogen-bond acceptors (Lipinski definition) is 4. The van der Waals surface area contributed by atoms with Crippen molar-refractivity contribution in [3.63, 3.8) is 0 Å². The van der Waals surface area contributed by atoms with E-state index in [0.717, 1.165) is 4.31 Å². The van der Waals surface area contributed by atoms with Gasteiger partial charge in [-0.25, -0.2) is 0 Å². The van der Waals surface area contributed by atoms with Crippen molar-refractivity contribution in [1.82, 2.24) is 8.61 Å². The molecule has 8 heteroatoms. The van der Waals surface area contributed by atoms with Crippen LogP contribution in [0.15, 0.2) is 0 Å². The average Bonchev–Trinajstić information content (AvgIpc) is 2.17. The predicted molar refractivity (Wildman–Crippen MR) is 56.2 cm³/mol. The number of ether oxygens (including phenoxy) is 1. The molecule has 1 aliphatic heterocycles. The molecule has 1 unspecified atom stereocenters. The lowest BCUT2D eigenvalue weighted by Gasteiger charge is -2.35. The van der Waals surface area contributed by atoms with Crippen LogP contribution < -0.4 is 0 Å². The average molecular weight is 252 g/mol. The number of carboxylic acid groups (broad SMARTS) is 1. The number of nitrogens with zero attached hydrogens (tertiary/aromatic N) is 2. The Morgan fingerprint density at radius 3 is 2.69 bits per heavy atom. The van der Waals surface area contributed by atoms with Crippen LogP contribution in [0.4, 0.5) is 0 Å². The number of hydrogen-bond donors (Lipinski definition) is 1. The highest BCUT2D eigenvalue weighted by Gasteiger charge is 2.35. The van der Waals surface area contributed by atoms with Gasteiger partial charge < -0.3 is 9.84 Å². The van der Waals surface area contributed by atoms with Crippen molar-refractivity contribution in [1.29, 1.82) is 0 Å². The fourth-order valence-corrected chi connectivity index (χ4v) is 2.75. The molecule has 0 radical (unpaired) electrons. The second-order valence-corrected chi connectivity index (χ2v) is 5.82. The van der Waals surface area contributed by atoms with Crippen molar-refractivity contribution in [2.45, 2.75) is 12.5 Å². The topological polar surface area (TPSA) is 87.2 Å². The first kappa shape index (κ1) is 13.4. The van der Waals surface area contributed by atoms with Crippen LogP contribution in [0, 0.1) is 0 Å². The van der Waals surface area contributed by atoms with E-state index in [9.17, 15) is 13.2 Å². The SMILES string of the molecule is CN(C)S(=O)(=O)N1CCOCC1CC(=O)O. The van der Waals surface area contributed by atoms with Crippen LogP contribution in [-0.4, -0.2) is 68.0 Å². The van der Waals surface area contributed by atoms with Gasteiger partial charge in [-0.1, -0.05) is 0 Å². The zero-order chi connectivity index (χ0) is 12.3. The molecule has 0 aromatic carbocycles. The minimum Gasteiger partial charge on any atom is -0.481 e. The molecule has 16 heavy (non-hydrogen) atoms. The third kappa shape index (κ3) is 2.91. The normalized spacial score (nSPS) is 23.6. The molecule has 1 saturated heterocycles. The van der Waals surface area contributed by atoms with Gasteiger partial charge in [0.05, 0.1) is 25.7 Å². The van der Waals surface area contributed by atoms with Gasteiger partial charge in [-0.05, 0) is 0 Å². The van der Waals surface area contributed by atoms with E-state index in [1.54, 1.807) is 0 Å². The lowest BCUT2D eigenvalue weighted by Crippen LogP contribution is -2.52. The summed E-state index contributed by atoms with van der Waals surface area (Å²) in [4.78, 5) is 10.6. The first-order valence-corrected chi connectivity index (χ1v) is 6.24. The highest BCUT2D eigenvalue weighted by molar-refractivity contribution is 7.86. The van der Waals surface area contributed by atoms with E-state index in [4.69, 9.17) is 9.84 Å². The fourth-order valence-electron chi connectivity index (χ4n) is 1.52. The van der Waals surface area contributed by atoms with Crippen LogP contribution in [0.25, 0.3) is 0 Å². The quantitative estimate of drug-likeness (QED) is 0.691. The minimum atomic E-state index is -3.57. The van der Waals surface area contributed by atoms with Gasteiger partial charge in [0.25, 0.3) is 10.2 Å². The minimum absolute atomic E-state index is 0.124. The molecular weight excluding hydrogens is 236 g/mol. The van der Waals surface area contributed by atoms with E-state index in [2.05, 4.69) is 0 Å². The van der Waals surface area contributed by atoms with E-state index in [1.165, 1.54) is 18.4 Å². The van der Waals surface area contributed by atoms with E-state index in [1.807, 2.05) is 0 Å². The summed E-state index contributed by atoms with van der Waals surface area (Å²) < 4.78 is 31.1. The summed E-state index contributed by atoms with van der Waals surface area (Å²) in [5.41, 5.74) is 0. The lowest BCUT2D eigenvalue weighted by molar-refractivity contribution is -0.139. The van der Waals surface area contributed by atoms with Gasteiger partial charge in [-0.2, -0.15) is 17.0 Å². The molecular formula is C8H16N2O5S. The molecule has 94 valence electrons. The second-order valence-electron chi connectivity index (χ2n) is 3.73. The van der Waals surface area contributed by atoms with Gasteiger partial charge in [-0.15, -0.1) is 0 Å². The maximum absolute atomic E-state index is 11.9. The number of aliphatic carboxylic acids is 1. The molecule has 0 aromatic heterocycles. The van der Waals surface area contributed by atoms with E-state index in [0.29, 0.717) is 6.61 Å². The molecule has 1 heterocycles. The Kier molecular flexibility index (Phi) is 4.25. The van der Waals surface area contributed by atoms with Crippen molar-refractivity contribution in [3.05, 3.63) is 0 Å². The summed E-state index contributed by atoms with van der Waals surface area (Å²) in [6, 6.07) is -0.626. The van der Waals surface area contributed by atoms with Crippen molar-refractivity contribution in [3.8, 4) is 0 Å². The second kappa shape index (κ2) is 5.09. The number of carbonyl (C=O) groups is 1. The summed E-state index contributed by atoms with van der Waals surface area (Å²) in [6.07, 6.45) is -0.243. The Balaban J connectivity index is 2.86. The summed E-state index contributed by atoms with van der Waals surface area (Å²) in [7, 11) is -0.733. The molecule has 0 aromatic rings. The Bertz CT molecular complexity index is 353. The van der Waals surface area contributed by atoms with Crippen LogP contribution >= 0.6 is 0 Å². The van der Waals surface area contributed by atoms with Crippen LogP contribution in [-0.2, 0) is 19.7 Å². The van der Waals surface area contributed by atoms with Crippen LogP contribution in [0.3, 0.4) is 0 Å². The predicted octanol–water partition coefficient (Wildman–Crippen LogP) is -1.03. The van der Waals surface area contributed by atoms with Crippen molar-refractivity contribution < 1.29 is 23.1 Å². The van der Waals surface area contributed by atoms with E-state index >= 15 is 0 Å². The Labute approximate surface area is 94.8 Å². The summed E-state index contributed by atoms with van der Waals surface area (Å²) in [5.74, 6) is -1.03. The molecule has 1 aliphatic rings. The largest absolute Gasteiger partial charge is 0.481 e. The zero-order valence-corrected chi connectivity index (χ0v) is 10.1. The number of rotatable bonds is 4. The molecule has 0 saturated carbocycles. The maximum atomic E-state index is 11.9. The van der Waals surface area contributed by atoms with Gasteiger partial charge in [-0.3, -0.25) is 4.79 Å². The summed E-state index contributed by atoms with van der Waals surface area (Å²) >= 11 is 0. The fraction of sp³-hybridized carbons (Fsp3) is 0.875. The van der Waals surface area contributed by atoms with Crippen molar-refractivity contribution in [2.24, 2.45) is 0 Å². The molecule has 1 rings (SSSR count). The van der Waals surface area contributed by atoms with Crippen LogP contribution in [0.5, 0.6) is 0 Å². The lowest BCUT2D eigenvalue weighted by atomic mass is 10.2. The van der Waals surface area contributed by atoms with Gasteiger partial charge in [0.1, 0.15) is 0 Å². The summed E-state index contributed by atoms with van der Waals surface area (Å²) in [6.45, 7) is 0.612. The van der Waals surface area contributed by atoms with E-state index in [-0.39, 0.29) is 19.6 Å². The van der Waals surface area contributed by atoms with Crippen LogP contribution in [0.1, 0.15) is 6.42 Å². The Hall–Kier alpha value is -0.700. The van der Waals surface area contributed by atoms with Gasteiger partial charge in [0.2, 0.25) is 0 Å². The van der Waals surface area contributed by atoms with Gasteiger partial charge >= 0.3 is 5.97 Å². The molecule has 1 atom stereocenters. The third-order valence-electron chi connectivity index (χ3n) is 2.34. The zero-order valence-electron chi connectivity index (χ0n) is 9.29. The van der Waals surface area contributed by atoms with Gasteiger partial charge in [0, 0.05) is 20.6 Å². The molecule has 0 aliphatic carbocycles. The van der Waals surface area contributed by atoms with Crippen LogP contribution in [0.2, 0.25) is 0 Å². The molecule has 1 N–H and O–H groups in total. The highest BCUT2D eigenvalue weighted by atomic mass is 32.2. The molecule has 1 fully saturated rings. The first-order valence-electron chi connectivity index (χ1n) is 4.84. The molecule has 0 bridgehead atoms. The van der Waals surface area contributed by atoms with Crippen molar-refractivity contribution >= 4 is 16.2 Å². The number of morpholine rings is 1. The van der Waals surface area contributed by atoms with Crippen molar-refractivity contribution in [2.75, 3.05) is 33.9 Å².